The van der Waals surface area contributed by atoms with Crippen molar-refractivity contribution < 1.29 is 9.18 Å². The molecule has 0 fully saturated rings. The smallest absolute Gasteiger partial charge is 0.256 e. The minimum absolute atomic E-state index is 0.237. The van der Waals surface area contributed by atoms with E-state index in [0.29, 0.717) is 17.1 Å². The molecule has 1 amide bonds. The summed E-state index contributed by atoms with van der Waals surface area (Å²) in [5, 5.41) is 7.24. The maximum atomic E-state index is 13.1. The van der Waals surface area contributed by atoms with Gasteiger partial charge in [0.15, 0.2) is 0 Å². The number of hydrogen-bond acceptors (Lipinski definition) is 4. The van der Waals surface area contributed by atoms with Crippen molar-refractivity contribution in [3.8, 4) is 5.69 Å². The lowest BCUT2D eigenvalue weighted by Gasteiger charge is -2.09. The SMILES string of the molecule is Cc1cc(NC(=O)c2ccc3ncsc3c2)n(-c2ccc(F)cc2)n1. The maximum Gasteiger partial charge on any atom is 0.256 e. The van der Waals surface area contributed by atoms with E-state index in [1.165, 1.54) is 23.5 Å². The van der Waals surface area contributed by atoms with E-state index in [0.717, 1.165) is 15.9 Å². The van der Waals surface area contributed by atoms with Gasteiger partial charge in [0.2, 0.25) is 0 Å². The maximum absolute atomic E-state index is 13.1. The van der Waals surface area contributed by atoms with Crippen molar-refractivity contribution in [2.24, 2.45) is 0 Å². The Morgan fingerprint density at radius 3 is 2.76 bits per heavy atom. The number of nitrogens with one attached hydrogen (secondary N) is 1. The number of rotatable bonds is 3. The lowest BCUT2D eigenvalue weighted by Crippen LogP contribution is -2.15. The van der Waals surface area contributed by atoms with E-state index in [1.807, 2.05) is 19.1 Å². The van der Waals surface area contributed by atoms with Crippen LogP contribution in [0.4, 0.5) is 10.2 Å². The van der Waals surface area contributed by atoms with Crippen LogP contribution >= 0.6 is 11.3 Å². The van der Waals surface area contributed by atoms with Gasteiger partial charge in [-0.15, -0.1) is 11.3 Å². The molecular formula is C18H13FN4OS. The largest absolute Gasteiger partial charge is 0.306 e. The van der Waals surface area contributed by atoms with E-state index >= 15 is 0 Å². The summed E-state index contributed by atoms with van der Waals surface area (Å²) < 4.78 is 15.7. The van der Waals surface area contributed by atoms with Crippen molar-refractivity contribution in [3.63, 3.8) is 0 Å². The summed E-state index contributed by atoms with van der Waals surface area (Å²) in [5.41, 5.74) is 4.58. The highest BCUT2D eigenvalue weighted by Crippen LogP contribution is 2.21. The van der Waals surface area contributed by atoms with Gasteiger partial charge in [-0.3, -0.25) is 4.79 Å². The van der Waals surface area contributed by atoms with Crippen LogP contribution in [0.2, 0.25) is 0 Å². The molecule has 2 heterocycles. The quantitative estimate of drug-likeness (QED) is 0.602. The number of carbonyl (C=O) groups is 1. The predicted molar refractivity (Wildman–Crippen MR) is 95.8 cm³/mol. The molecule has 0 saturated carbocycles. The number of hydrogen-bond donors (Lipinski definition) is 1. The third kappa shape index (κ3) is 3.01. The molecule has 124 valence electrons. The number of nitrogens with zero attached hydrogens (tertiary/aromatic N) is 3. The molecule has 1 N–H and O–H groups in total. The molecular weight excluding hydrogens is 339 g/mol. The van der Waals surface area contributed by atoms with Crippen LogP contribution in [0.1, 0.15) is 16.1 Å². The third-order valence-corrected chi connectivity index (χ3v) is 4.53. The van der Waals surface area contributed by atoms with E-state index in [4.69, 9.17) is 0 Å². The molecule has 0 aliphatic heterocycles. The van der Waals surface area contributed by atoms with Gasteiger partial charge < -0.3 is 5.32 Å². The minimum Gasteiger partial charge on any atom is -0.306 e. The van der Waals surface area contributed by atoms with Crippen LogP contribution in [0.3, 0.4) is 0 Å². The van der Waals surface area contributed by atoms with Crippen LogP contribution in [0.15, 0.2) is 54.0 Å². The number of halogens is 1. The Bertz CT molecular complexity index is 1070. The van der Waals surface area contributed by atoms with Gasteiger partial charge in [-0.25, -0.2) is 14.1 Å². The second kappa shape index (κ2) is 6.10. The van der Waals surface area contributed by atoms with Gasteiger partial charge in [0.25, 0.3) is 5.91 Å². The minimum atomic E-state index is -0.323. The fourth-order valence-electron chi connectivity index (χ4n) is 2.55. The van der Waals surface area contributed by atoms with Crippen molar-refractivity contribution in [1.82, 2.24) is 14.8 Å². The normalized spacial score (nSPS) is 11.0. The van der Waals surface area contributed by atoms with Gasteiger partial charge in [0, 0.05) is 11.6 Å². The summed E-state index contributed by atoms with van der Waals surface area (Å²) in [7, 11) is 0. The van der Waals surface area contributed by atoms with Crippen molar-refractivity contribution in [2.45, 2.75) is 6.92 Å². The monoisotopic (exact) mass is 352 g/mol. The molecule has 0 aliphatic carbocycles. The average Bonchev–Trinajstić information content (AvgIpc) is 3.21. The molecule has 2 aromatic carbocycles. The van der Waals surface area contributed by atoms with E-state index in [1.54, 1.807) is 34.5 Å². The molecule has 0 aliphatic rings. The van der Waals surface area contributed by atoms with E-state index < -0.39 is 0 Å². The second-order valence-electron chi connectivity index (χ2n) is 5.55. The number of benzene rings is 2. The van der Waals surface area contributed by atoms with Gasteiger partial charge in [-0.05, 0) is 49.4 Å². The molecule has 4 aromatic rings. The van der Waals surface area contributed by atoms with Gasteiger partial charge >= 0.3 is 0 Å². The Labute approximate surface area is 146 Å². The van der Waals surface area contributed by atoms with Crippen molar-refractivity contribution in [1.29, 1.82) is 0 Å². The number of aromatic nitrogens is 3. The Kier molecular flexibility index (Phi) is 3.77. The predicted octanol–water partition coefficient (Wildman–Crippen LogP) is 4.18. The highest BCUT2D eigenvalue weighted by molar-refractivity contribution is 7.16. The van der Waals surface area contributed by atoms with Crippen molar-refractivity contribution >= 4 is 33.3 Å². The summed E-state index contributed by atoms with van der Waals surface area (Å²) in [6.45, 7) is 1.83. The fraction of sp³-hybridized carbons (Fsp3) is 0.0556. The van der Waals surface area contributed by atoms with E-state index in [9.17, 15) is 9.18 Å². The van der Waals surface area contributed by atoms with Crippen molar-refractivity contribution in [2.75, 3.05) is 5.32 Å². The molecule has 7 heteroatoms. The number of aryl methyl sites for hydroxylation is 1. The molecule has 4 rings (SSSR count). The average molecular weight is 352 g/mol. The van der Waals surface area contributed by atoms with Crippen LogP contribution in [0.5, 0.6) is 0 Å². The topological polar surface area (TPSA) is 59.8 Å². The summed E-state index contributed by atoms with van der Waals surface area (Å²) >= 11 is 1.49. The number of thiazole rings is 1. The first-order valence-corrected chi connectivity index (χ1v) is 8.45. The van der Waals surface area contributed by atoms with Crippen molar-refractivity contribution in [3.05, 3.63) is 71.1 Å². The van der Waals surface area contributed by atoms with Crippen LogP contribution in [-0.2, 0) is 0 Å². The zero-order valence-corrected chi connectivity index (χ0v) is 14.0. The second-order valence-corrected chi connectivity index (χ2v) is 6.43. The molecule has 0 saturated heterocycles. The summed E-state index contributed by atoms with van der Waals surface area (Å²) in [6.07, 6.45) is 0. The van der Waals surface area contributed by atoms with E-state index in [-0.39, 0.29) is 11.7 Å². The van der Waals surface area contributed by atoms with Gasteiger partial charge in [-0.2, -0.15) is 5.10 Å². The van der Waals surface area contributed by atoms with Gasteiger partial charge in [-0.1, -0.05) is 0 Å². The van der Waals surface area contributed by atoms with Crippen LogP contribution in [0, 0.1) is 12.7 Å². The Balaban J connectivity index is 1.66. The first-order valence-electron chi connectivity index (χ1n) is 7.57. The molecule has 0 spiro atoms. The number of anilines is 1. The van der Waals surface area contributed by atoms with Crippen LogP contribution in [-0.4, -0.2) is 20.7 Å². The Hall–Kier alpha value is -3.06. The molecule has 0 atom stereocenters. The van der Waals surface area contributed by atoms with Crippen LogP contribution < -0.4 is 5.32 Å². The van der Waals surface area contributed by atoms with Crippen LogP contribution in [0.25, 0.3) is 15.9 Å². The summed E-state index contributed by atoms with van der Waals surface area (Å²) in [5.74, 6) is -0.0341. The Morgan fingerprint density at radius 2 is 1.96 bits per heavy atom. The zero-order chi connectivity index (χ0) is 17.4. The third-order valence-electron chi connectivity index (χ3n) is 3.74. The number of fused-ring (bicyclic) bond motifs is 1. The molecule has 0 radical (unpaired) electrons. The van der Waals surface area contributed by atoms with Gasteiger partial charge in [0.1, 0.15) is 11.6 Å². The number of amides is 1. The van der Waals surface area contributed by atoms with E-state index in [2.05, 4.69) is 15.4 Å². The highest BCUT2D eigenvalue weighted by atomic mass is 32.1. The standard InChI is InChI=1S/C18H13FN4OS/c1-11-8-17(23(22-11)14-5-3-13(19)4-6-14)21-18(24)12-2-7-15-16(9-12)25-10-20-15/h2-10H,1H3,(H,21,24). The lowest BCUT2D eigenvalue weighted by atomic mass is 10.2. The lowest BCUT2D eigenvalue weighted by molar-refractivity contribution is 0.102. The first kappa shape index (κ1) is 15.5. The summed E-state index contributed by atoms with van der Waals surface area (Å²) in [4.78, 5) is 16.8. The molecule has 5 nitrogen and oxygen atoms in total. The number of carbonyl (C=O) groups excluding carboxylic acids is 1. The zero-order valence-electron chi connectivity index (χ0n) is 13.2. The molecule has 0 unspecified atom stereocenters. The first-order chi connectivity index (χ1) is 12.1. The molecule has 25 heavy (non-hydrogen) atoms. The fourth-order valence-corrected chi connectivity index (χ4v) is 3.27. The highest BCUT2D eigenvalue weighted by Gasteiger charge is 2.13. The molecule has 2 aromatic heterocycles. The summed E-state index contributed by atoms with van der Waals surface area (Å²) in [6, 6.07) is 13.1. The Morgan fingerprint density at radius 1 is 1.16 bits per heavy atom. The molecule has 0 bridgehead atoms. The van der Waals surface area contributed by atoms with Gasteiger partial charge in [0.05, 0.1) is 27.1 Å².